The molecule has 2 rings (SSSR count). The van der Waals surface area contributed by atoms with Crippen LogP contribution in [0.5, 0.6) is 0 Å². The summed E-state index contributed by atoms with van der Waals surface area (Å²) in [5.41, 5.74) is 0.641. The van der Waals surface area contributed by atoms with Crippen LogP contribution in [0.2, 0.25) is 0 Å². The number of nitrogens with zero attached hydrogens (tertiary/aromatic N) is 5. The standard InChI is InChI=1S/C20H31N5O6/c1-22-5-7-23(13-16-3-2-4-17(21-16)20(30)31)9-10-25(15-19(28)29)12-11-24(8-6-22)14-18(26)27/h2-4H,5-15H2,1H3,(H,26,27)(H,28,29)(H,30,31). The van der Waals surface area contributed by atoms with Crippen molar-refractivity contribution in [2.24, 2.45) is 0 Å². The van der Waals surface area contributed by atoms with E-state index < -0.39 is 17.9 Å². The molecule has 1 saturated heterocycles. The van der Waals surface area contributed by atoms with Gasteiger partial charge in [-0.2, -0.15) is 0 Å². The van der Waals surface area contributed by atoms with Crippen molar-refractivity contribution in [2.45, 2.75) is 6.54 Å². The molecule has 1 aliphatic heterocycles. The third kappa shape index (κ3) is 9.39. The second kappa shape index (κ2) is 12.3. The maximum Gasteiger partial charge on any atom is 0.354 e. The number of likely N-dealkylation sites (N-methyl/N-ethyl adjacent to an activating group) is 1. The van der Waals surface area contributed by atoms with Crippen LogP contribution in [0.15, 0.2) is 18.2 Å². The Morgan fingerprint density at radius 1 is 0.806 bits per heavy atom. The Hall–Kier alpha value is -2.60. The highest BCUT2D eigenvalue weighted by molar-refractivity contribution is 5.85. The molecule has 11 heteroatoms. The Morgan fingerprint density at radius 3 is 1.81 bits per heavy atom. The minimum absolute atomic E-state index is 0.00463. The van der Waals surface area contributed by atoms with Gasteiger partial charge in [-0.1, -0.05) is 6.07 Å². The van der Waals surface area contributed by atoms with E-state index in [1.165, 1.54) is 6.07 Å². The summed E-state index contributed by atoms with van der Waals surface area (Å²) in [6.07, 6.45) is 0. The molecule has 0 atom stereocenters. The zero-order valence-electron chi connectivity index (χ0n) is 17.8. The molecule has 31 heavy (non-hydrogen) atoms. The number of rotatable bonds is 7. The predicted molar refractivity (Wildman–Crippen MR) is 112 cm³/mol. The van der Waals surface area contributed by atoms with Gasteiger partial charge in [0.15, 0.2) is 0 Å². The molecule has 11 nitrogen and oxygen atoms in total. The highest BCUT2D eigenvalue weighted by atomic mass is 16.4. The van der Waals surface area contributed by atoms with E-state index in [4.69, 9.17) is 10.2 Å². The van der Waals surface area contributed by atoms with Crippen LogP contribution in [-0.4, -0.2) is 130 Å². The van der Waals surface area contributed by atoms with Crippen LogP contribution in [0.4, 0.5) is 0 Å². The van der Waals surface area contributed by atoms with Crippen LogP contribution in [0.3, 0.4) is 0 Å². The molecule has 0 saturated carbocycles. The Balaban J connectivity index is 2.10. The van der Waals surface area contributed by atoms with Crippen molar-refractivity contribution in [3.8, 4) is 0 Å². The minimum Gasteiger partial charge on any atom is -0.480 e. The summed E-state index contributed by atoms with van der Waals surface area (Å²) in [5, 5.41) is 27.6. The van der Waals surface area contributed by atoms with Crippen LogP contribution in [0, 0.1) is 0 Å². The average Bonchev–Trinajstić information content (AvgIpc) is 2.70. The lowest BCUT2D eigenvalue weighted by molar-refractivity contribution is -0.140. The van der Waals surface area contributed by atoms with Gasteiger partial charge in [-0.05, 0) is 19.2 Å². The second-order valence-corrected chi connectivity index (χ2v) is 7.74. The first-order valence-corrected chi connectivity index (χ1v) is 10.2. The van der Waals surface area contributed by atoms with Gasteiger partial charge in [0, 0.05) is 58.9 Å². The molecule has 1 fully saturated rings. The van der Waals surface area contributed by atoms with Crippen molar-refractivity contribution >= 4 is 17.9 Å². The highest BCUT2D eigenvalue weighted by Crippen LogP contribution is 2.06. The van der Waals surface area contributed by atoms with E-state index in [2.05, 4.69) is 14.8 Å². The zero-order chi connectivity index (χ0) is 22.8. The number of aromatic nitrogens is 1. The number of aliphatic carboxylic acids is 2. The minimum atomic E-state index is -1.08. The van der Waals surface area contributed by atoms with Gasteiger partial charge in [0.25, 0.3) is 0 Å². The number of carbonyl (C=O) groups is 3. The Bertz CT molecular complexity index is 761. The van der Waals surface area contributed by atoms with Gasteiger partial charge in [0.2, 0.25) is 0 Å². The molecule has 3 N–H and O–H groups in total. The SMILES string of the molecule is CN1CCN(CC(=O)O)CCN(CC(=O)O)CCN(Cc2cccc(C(=O)O)n2)CC1. The topological polar surface area (TPSA) is 138 Å². The Morgan fingerprint density at radius 2 is 1.29 bits per heavy atom. The zero-order valence-corrected chi connectivity index (χ0v) is 17.8. The van der Waals surface area contributed by atoms with Crippen molar-refractivity contribution in [1.82, 2.24) is 24.6 Å². The summed E-state index contributed by atoms with van der Waals surface area (Å²) in [6, 6.07) is 4.90. The average molecular weight is 437 g/mol. The third-order valence-electron chi connectivity index (χ3n) is 5.19. The van der Waals surface area contributed by atoms with E-state index in [0.717, 1.165) is 6.54 Å². The fraction of sp³-hybridized carbons (Fsp3) is 0.600. The largest absolute Gasteiger partial charge is 0.480 e. The van der Waals surface area contributed by atoms with E-state index in [-0.39, 0.29) is 18.8 Å². The quantitative estimate of drug-likeness (QED) is 0.499. The summed E-state index contributed by atoms with van der Waals surface area (Å²) in [7, 11) is 1.98. The van der Waals surface area contributed by atoms with E-state index in [1.54, 1.807) is 17.0 Å². The number of carboxylic acids is 3. The number of hydrogen-bond acceptors (Lipinski definition) is 8. The molecule has 1 aromatic rings. The van der Waals surface area contributed by atoms with Gasteiger partial charge < -0.3 is 20.2 Å². The number of carboxylic acid groups (broad SMARTS) is 3. The number of aromatic carboxylic acids is 1. The lowest BCUT2D eigenvalue weighted by Gasteiger charge is -2.32. The van der Waals surface area contributed by atoms with Gasteiger partial charge in [-0.3, -0.25) is 24.3 Å². The van der Waals surface area contributed by atoms with Crippen molar-refractivity contribution in [3.63, 3.8) is 0 Å². The maximum absolute atomic E-state index is 11.3. The monoisotopic (exact) mass is 437 g/mol. The van der Waals surface area contributed by atoms with Crippen molar-refractivity contribution in [3.05, 3.63) is 29.6 Å². The van der Waals surface area contributed by atoms with E-state index >= 15 is 0 Å². The first-order valence-electron chi connectivity index (χ1n) is 10.2. The van der Waals surface area contributed by atoms with Gasteiger partial charge in [-0.15, -0.1) is 0 Å². The van der Waals surface area contributed by atoms with Gasteiger partial charge in [-0.25, -0.2) is 9.78 Å². The predicted octanol–water partition coefficient (Wildman–Crippen LogP) is -0.700. The molecule has 1 aliphatic rings. The van der Waals surface area contributed by atoms with Gasteiger partial charge in [0.05, 0.1) is 18.8 Å². The summed E-state index contributed by atoms with van der Waals surface area (Å²) in [4.78, 5) is 45.7. The number of pyridine rings is 1. The Labute approximate surface area is 181 Å². The molecule has 0 aliphatic carbocycles. The summed E-state index contributed by atoms with van der Waals surface area (Å²) < 4.78 is 0. The summed E-state index contributed by atoms with van der Waals surface area (Å²) in [5.74, 6) is -2.91. The fourth-order valence-electron chi connectivity index (χ4n) is 3.41. The van der Waals surface area contributed by atoms with Gasteiger partial charge in [0.1, 0.15) is 5.69 Å². The van der Waals surface area contributed by atoms with Crippen LogP contribution >= 0.6 is 0 Å². The van der Waals surface area contributed by atoms with Crippen LogP contribution in [0.1, 0.15) is 16.2 Å². The summed E-state index contributed by atoms with van der Waals surface area (Å²) >= 11 is 0. The number of hydrogen-bond donors (Lipinski definition) is 3. The molecule has 0 aromatic carbocycles. The highest BCUT2D eigenvalue weighted by Gasteiger charge is 2.18. The fourth-order valence-corrected chi connectivity index (χ4v) is 3.41. The van der Waals surface area contributed by atoms with Crippen molar-refractivity contribution in [2.75, 3.05) is 72.5 Å². The lowest BCUT2D eigenvalue weighted by atomic mass is 10.2. The van der Waals surface area contributed by atoms with E-state index in [9.17, 15) is 19.5 Å². The first-order chi connectivity index (χ1) is 14.7. The molecule has 0 radical (unpaired) electrons. The first kappa shape index (κ1) is 24.7. The van der Waals surface area contributed by atoms with Crippen LogP contribution in [0.25, 0.3) is 0 Å². The molecule has 2 heterocycles. The molecule has 172 valence electrons. The maximum atomic E-state index is 11.3. The van der Waals surface area contributed by atoms with Crippen molar-refractivity contribution < 1.29 is 29.7 Å². The van der Waals surface area contributed by atoms with E-state index in [1.807, 2.05) is 11.9 Å². The lowest BCUT2D eigenvalue weighted by Crippen LogP contribution is -2.47. The van der Waals surface area contributed by atoms with Crippen LogP contribution in [-0.2, 0) is 16.1 Å². The van der Waals surface area contributed by atoms with Gasteiger partial charge >= 0.3 is 17.9 Å². The molecular formula is C20H31N5O6. The van der Waals surface area contributed by atoms with Crippen molar-refractivity contribution in [1.29, 1.82) is 0 Å². The molecular weight excluding hydrogens is 406 g/mol. The molecule has 0 amide bonds. The molecule has 0 spiro atoms. The third-order valence-corrected chi connectivity index (χ3v) is 5.19. The molecule has 0 unspecified atom stereocenters. The van der Waals surface area contributed by atoms with E-state index in [0.29, 0.717) is 58.1 Å². The second-order valence-electron chi connectivity index (χ2n) is 7.74. The molecule has 0 bridgehead atoms. The normalized spacial score (nSPS) is 18.7. The van der Waals surface area contributed by atoms with Crippen LogP contribution < -0.4 is 0 Å². The summed E-state index contributed by atoms with van der Waals surface area (Å²) in [6.45, 7) is 4.94. The smallest absolute Gasteiger partial charge is 0.354 e. The Kier molecular flexibility index (Phi) is 9.79. The molecule has 1 aromatic heterocycles.